The summed E-state index contributed by atoms with van der Waals surface area (Å²) in [5, 5.41) is 2.69. The van der Waals surface area contributed by atoms with Gasteiger partial charge in [-0.05, 0) is 57.7 Å². The fourth-order valence-electron chi connectivity index (χ4n) is 3.51. The van der Waals surface area contributed by atoms with E-state index in [1.54, 1.807) is 34.6 Å². The molecule has 1 rings (SSSR count). The molecule has 208 valence electrons. The number of hydrogen-bond acceptors (Lipinski definition) is 5. The first-order chi connectivity index (χ1) is 16.4. The zero-order valence-electron chi connectivity index (χ0n) is 21.4. The van der Waals surface area contributed by atoms with Crippen molar-refractivity contribution < 1.29 is 50.1 Å². The van der Waals surface area contributed by atoms with Crippen LogP contribution in [0.2, 0.25) is 0 Å². The number of hydrogen-bond donors (Lipinski definition) is 1. The van der Waals surface area contributed by atoms with Crippen molar-refractivity contribution >= 4 is 6.09 Å². The van der Waals surface area contributed by atoms with Crippen LogP contribution in [0.3, 0.4) is 0 Å². The molecule has 0 saturated heterocycles. The van der Waals surface area contributed by atoms with Gasteiger partial charge in [0.2, 0.25) is 0 Å². The molecule has 0 aromatic heterocycles. The molecule has 12 heteroatoms. The third kappa shape index (κ3) is 10.8. The minimum atomic E-state index is -4.79. The maximum Gasteiger partial charge on any atom is 0.419 e. The van der Waals surface area contributed by atoms with Crippen molar-refractivity contribution in [2.75, 3.05) is 20.5 Å². The molecule has 0 aliphatic rings. The van der Waals surface area contributed by atoms with Crippen LogP contribution in [0.1, 0.15) is 65.0 Å². The molecule has 0 saturated carbocycles. The Balaban J connectivity index is 3.14. The maximum absolute atomic E-state index is 13.7. The molecule has 0 aliphatic carbocycles. The van der Waals surface area contributed by atoms with Gasteiger partial charge in [0.1, 0.15) is 23.9 Å². The lowest BCUT2D eigenvalue weighted by Gasteiger charge is -2.39. The lowest BCUT2D eigenvalue weighted by Crippen LogP contribution is -2.56. The molecule has 36 heavy (non-hydrogen) atoms. The smallest absolute Gasteiger partial charge is 0.419 e. The molecule has 1 N–H and O–H groups in total. The van der Waals surface area contributed by atoms with Gasteiger partial charge < -0.3 is 18.9 Å². The summed E-state index contributed by atoms with van der Waals surface area (Å²) < 4.78 is 99.1. The highest BCUT2D eigenvalue weighted by Crippen LogP contribution is 2.38. The van der Waals surface area contributed by atoms with Crippen molar-refractivity contribution in [3.05, 3.63) is 29.3 Å². The molecule has 0 radical (unpaired) electrons. The number of benzene rings is 1. The molecule has 2 atom stereocenters. The Morgan fingerprint density at radius 2 is 1.72 bits per heavy atom. The number of rotatable bonds is 12. The number of halogens is 6. The minimum absolute atomic E-state index is 0.0603. The van der Waals surface area contributed by atoms with Crippen molar-refractivity contribution in [2.45, 2.75) is 84.0 Å². The summed E-state index contributed by atoms with van der Waals surface area (Å²) in [5.74, 6) is -1.09. The van der Waals surface area contributed by atoms with Gasteiger partial charge in [-0.2, -0.15) is 26.3 Å². The summed E-state index contributed by atoms with van der Waals surface area (Å²) in [5.41, 5.74) is -2.93. The summed E-state index contributed by atoms with van der Waals surface area (Å²) in [4.78, 5) is 12.5. The Hall–Kier alpha value is -2.21. The SMILES string of the molecule is CCC(NC(=O)OC(C)(C)C)(OCOC)C(C)Cc1ccc(OCCCC(F)(F)F)c(C(F)(F)F)c1. The number of methoxy groups -OCH3 is 1. The van der Waals surface area contributed by atoms with E-state index < -0.39 is 66.5 Å². The van der Waals surface area contributed by atoms with Crippen LogP contribution in [0.5, 0.6) is 5.75 Å². The van der Waals surface area contributed by atoms with E-state index in [1.165, 1.54) is 13.2 Å². The molecule has 2 unspecified atom stereocenters. The predicted octanol–water partition coefficient (Wildman–Crippen LogP) is 6.86. The highest BCUT2D eigenvalue weighted by molar-refractivity contribution is 5.68. The fourth-order valence-corrected chi connectivity index (χ4v) is 3.51. The van der Waals surface area contributed by atoms with Crippen LogP contribution in [0.15, 0.2) is 18.2 Å². The Morgan fingerprint density at radius 3 is 2.22 bits per heavy atom. The van der Waals surface area contributed by atoms with Crippen molar-refractivity contribution in [1.82, 2.24) is 5.32 Å². The lowest BCUT2D eigenvalue weighted by atomic mass is 9.88. The van der Waals surface area contributed by atoms with Gasteiger partial charge >= 0.3 is 18.4 Å². The van der Waals surface area contributed by atoms with E-state index in [1.807, 2.05) is 0 Å². The summed E-state index contributed by atoms with van der Waals surface area (Å²) in [6.45, 7) is 7.80. The number of nitrogens with one attached hydrogen (secondary N) is 1. The monoisotopic (exact) mass is 531 g/mol. The molecule has 6 nitrogen and oxygen atoms in total. The van der Waals surface area contributed by atoms with Crippen molar-refractivity contribution in [1.29, 1.82) is 0 Å². The Bertz CT molecular complexity index is 838. The third-order valence-corrected chi connectivity index (χ3v) is 5.22. The Morgan fingerprint density at radius 1 is 1.08 bits per heavy atom. The van der Waals surface area contributed by atoms with Gasteiger partial charge in [0, 0.05) is 19.4 Å². The van der Waals surface area contributed by atoms with E-state index in [0.29, 0.717) is 0 Å². The Labute approximate surface area is 207 Å². The van der Waals surface area contributed by atoms with Crippen LogP contribution in [-0.4, -0.2) is 44.1 Å². The van der Waals surface area contributed by atoms with Gasteiger partial charge in [-0.25, -0.2) is 4.79 Å². The minimum Gasteiger partial charge on any atom is -0.493 e. The molecule has 1 aromatic carbocycles. The molecule has 0 spiro atoms. The van der Waals surface area contributed by atoms with Gasteiger partial charge in [0.05, 0.1) is 12.2 Å². The highest BCUT2D eigenvalue weighted by atomic mass is 19.4. The zero-order valence-corrected chi connectivity index (χ0v) is 21.4. The topological polar surface area (TPSA) is 66.0 Å². The van der Waals surface area contributed by atoms with Crippen LogP contribution in [0.25, 0.3) is 0 Å². The van der Waals surface area contributed by atoms with Crippen LogP contribution >= 0.6 is 0 Å². The van der Waals surface area contributed by atoms with Crippen molar-refractivity contribution in [3.63, 3.8) is 0 Å². The van der Waals surface area contributed by atoms with E-state index >= 15 is 0 Å². The average molecular weight is 532 g/mol. The fraction of sp³-hybridized carbons (Fsp3) is 0.708. The summed E-state index contributed by atoms with van der Waals surface area (Å²) >= 11 is 0. The van der Waals surface area contributed by atoms with E-state index in [4.69, 9.17) is 18.9 Å². The molecule has 0 aliphatic heterocycles. The first-order valence-electron chi connectivity index (χ1n) is 11.5. The van der Waals surface area contributed by atoms with E-state index in [0.717, 1.165) is 12.1 Å². The van der Waals surface area contributed by atoms with Gasteiger partial charge in [0.25, 0.3) is 0 Å². The number of alkyl halides is 6. The normalized spacial score (nSPS) is 15.2. The molecule has 0 bridgehead atoms. The average Bonchev–Trinajstić information content (AvgIpc) is 2.72. The third-order valence-electron chi connectivity index (χ3n) is 5.22. The second kappa shape index (κ2) is 12.8. The lowest BCUT2D eigenvalue weighted by molar-refractivity contribution is -0.169. The summed E-state index contributed by atoms with van der Waals surface area (Å²) in [6, 6.07) is 3.37. The van der Waals surface area contributed by atoms with Crippen LogP contribution < -0.4 is 10.1 Å². The van der Waals surface area contributed by atoms with Gasteiger partial charge in [0.15, 0.2) is 0 Å². The first kappa shape index (κ1) is 31.8. The standard InChI is InChI=1S/C24H35F6NO5/c1-7-22(35-15-33-6,31-20(32)36-21(3,4)5)16(2)13-17-9-10-19(18(14-17)24(28,29)30)34-12-8-11-23(25,26)27/h9-10,14,16H,7-8,11-13,15H2,1-6H3,(H,31,32). The molecule has 0 fully saturated rings. The van der Waals surface area contributed by atoms with E-state index in [9.17, 15) is 31.1 Å². The number of carbonyl (C=O) groups is 1. The Kier molecular flexibility index (Phi) is 11.4. The van der Waals surface area contributed by atoms with Crippen LogP contribution in [0.4, 0.5) is 31.1 Å². The van der Waals surface area contributed by atoms with Crippen LogP contribution in [-0.2, 0) is 26.8 Å². The van der Waals surface area contributed by atoms with Gasteiger partial charge in [-0.3, -0.25) is 5.32 Å². The van der Waals surface area contributed by atoms with Gasteiger partial charge in [-0.15, -0.1) is 0 Å². The molecular formula is C24H35F6NO5. The van der Waals surface area contributed by atoms with E-state index in [-0.39, 0.29) is 25.2 Å². The van der Waals surface area contributed by atoms with Gasteiger partial charge in [-0.1, -0.05) is 19.9 Å². The zero-order chi connectivity index (χ0) is 27.8. The molecular weight excluding hydrogens is 496 g/mol. The second-order valence-corrected chi connectivity index (χ2v) is 9.42. The van der Waals surface area contributed by atoms with E-state index in [2.05, 4.69) is 5.32 Å². The molecule has 0 heterocycles. The van der Waals surface area contributed by atoms with Crippen LogP contribution in [0, 0.1) is 5.92 Å². The van der Waals surface area contributed by atoms with Crippen molar-refractivity contribution in [3.8, 4) is 5.75 Å². The largest absolute Gasteiger partial charge is 0.493 e. The molecule has 1 aromatic rings. The number of alkyl carbamates (subject to hydrolysis) is 1. The first-order valence-corrected chi connectivity index (χ1v) is 11.5. The number of amides is 1. The second-order valence-electron chi connectivity index (χ2n) is 9.42. The summed E-state index contributed by atoms with van der Waals surface area (Å²) in [6.07, 6.45) is -11.3. The number of ether oxygens (including phenoxy) is 4. The number of carbonyl (C=O) groups excluding carboxylic acids is 1. The molecule has 1 amide bonds. The van der Waals surface area contributed by atoms with Crippen molar-refractivity contribution in [2.24, 2.45) is 5.92 Å². The summed E-state index contributed by atoms with van der Waals surface area (Å²) in [7, 11) is 1.39. The highest BCUT2D eigenvalue weighted by Gasteiger charge is 2.40. The maximum atomic E-state index is 13.7. The quantitative estimate of drug-likeness (QED) is 0.181. The predicted molar refractivity (Wildman–Crippen MR) is 120 cm³/mol.